The number of halogens is 4. The molecular weight excluding hydrogens is 379 g/mol. The number of rotatable bonds is 6. The van der Waals surface area contributed by atoms with E-state index in [4.69, 9.17) is 11.6 Å². The van der Waals surface area contributed by atoms with Gasteiger partial charge in [-0.05, 0) is 42.8 Å². The normalized spacial score (nSPS) is 11.7. The summed E-state index contributed by atoms with van der Waals surface area (Å²) in [6.45, 7) is 0.552. The van der Waals surface area contributed by atoms with Gasteiger partial charge in [0.15, 0.2) is 0 Å². The molecule has 3 aromatic rings. The first-order valence-electron chi connectivity index (χ1n) is 8.27. The molecule has 2 aromatic carbocycles. The molecule has 4 nitrogen and oxygen atoms in total. The Bertz CT molecular complexity index is 953. The summed E-state index contributed by atoms with van der Waals surface area (Å²) in [5.41, 5.74) is 1.25. The largest absolute Gasteiger partial charge is 0.417 e. The number of aromatic nitrogens is 1. The van der Waals surface area contributed by atoms with Crippen LogP contribution in [0, 0.1) is 0 Å². The number of carbonyl (C=O) groups is 1. The number of H-pyrrole nitrogens is 1. The average molecular weight is 396 g/mol. The van der Waals surface area contributed by atoms with Gasteiger partial charge in [0, 0.05) is 22.8 Å². The molecule has 0 aliphatic heterocycles. The predicted octanol–water partition coefficient (Wildman–Crippen LogP) is 4.61. The molecule has 3 rings (SSSR count). The number of hydrogen-bond acceptors (Lipinski definition) is 2. The Morgan fingerprint density at radius 3 is 2.70 bits per heavy atom. The Morgan fingerprint density at radius 1 is 1.15 bits per heavy atom. The van der Waals surface area contributed by atoms with E-state index in [0.29, 0.717) is 6.54 Å². The van der Waals surface area contributed by atoms with Crippen LogP contribution in [0.2, 0.25) is 5.02 Å². The minimum atomic E-state index is -4.57. The maximum absolute atomic E-state index is 12.8. The van der Waals surface area contributed by atoms with E-state index in [1.54, 1.807) is 0 Å². The molecule has 1 heterocycles. The molecule has 142 valence electrons. The van der Waals surface area contributed by atoms with Crippen LogP contribution < -0.4 is 10.6 Å². The summed E-state index contributed by atoms with van der Waals surface area (Å²) in [6, 6.07) is 11.2. The van der Waals surface area contributed by atoms with Gasteiger partial charge in [-0.25, -0.2) is 0 Å². The molecule has 27 heavy (non-hydrogen) atoms. The van der Waals surface area contributed by atoms with E-state index in [1.165, 1.54) is 6.07 Å². The summed E-state index contributed by atoms with van der Waals surface area (Å²) in [7, 11) is 0. The first-order chi connectivity index (χ1) is 12.8. The fraction of sp³-hybridized carbons (Fsp3) is 0.211. The number of fused-ring (bicyclic) bond motifs is 1. The van der Waals surface area contributed by atoms with Gasteiger partial charge < -0.3 is 15.6 Å². The van der Waals surface area contributed by atoms with Gasteiger partial charge in [0.1, 0.15) is 0 Å². The summed E-state index contributed by atoms with van der Waals surface area (Å²) in [5, 5.41) is 6.15. The number of alkyl halides is 3. The number of nitrogens with one attached hydrogen (secondary N) is 3. The van der Waals surface area contributed by atoms with Crippen molar-refractivity contribution in [1.82, 2.24) is 10.3 Å². The van der Waals surface area contributed by atoms with Crippen molar-refractivity contribution in [2.75, 3.05) is 18.4 Å². The van der Waals surface area contributed by atoms with E-state index in [-0.39, 0.29) is 12.2 Å². The molecule has 0 unspecified atom stereocenters. The van der Waals surface area contributed by atoms with Crippen LogP contribution in [-0.2, 0) is 17.4 Å². The zero-order valence-electron chi connectivity index (χ0n) is 14.2. The first-order valence-corrected chi connectivity index (χ1v) is 8.64. The van der Waals surface area contributed by atoms with Crippen LogP contribution in [0.4, 0.5) is 18.9 Å². The van der Waals surface area contributed by atoms with Crippen LogP contribution >= 0.6 is 11.6 Å². The van der Waals surface area contributed by atoms with Crippen LogP contribution in [0.5, 0.6) is 0 Å². The van der Waals surface area contributed by atoms with E-state index in [1.807, 2.05) is 30.5 Å². The summed E-state index contributed by atoms with van der Waals surface area (Å²) in [4.78, 5) is 15.1. The Labute approximate surface area is 158 Å². The lowest BCUT2D eigenvalue weighted by molar-refractivity contribution is -0.137. The summed E-state index contributed by atoms with van der Waals surface area (Å²) in [5.74, 6) is -0.427. The average Bonchev–Trinajstić information content (AvgIpc) is 3.03. The summed E-state index contributed by atoms with van der Waals surface area (Å²) >= 11 is 5.56. The number of carbonyl (C=O) groups excluding carboxylic acids is 1. The molecule has 0 saturated heterocycles. The highest BCUT2D eigenvalue weighted by Gasteiger charge is 2.33. The molecule has 1 aromatic heterocycles. The van der Waals surface area contributed by atoms with Crippen molar-refractivity contribution in [3.8, 4) is 0 Å². The number of benzene rings is 2. The van der Waals surface area contributed by atoms with Gasteiger partial charge in [0.05, 0.1) is 17.1 Å². The number of aromatic amines is 1. The van der Waals surface area contributed by atoms with Crippen molar-refractivity contribution >= 4 is 34.1 Å². The number of hydrogen-bond donors (Lipinski definition) is 3. The molecule has 0 bridgehead atoms. The number of para-hydroxylation sites is 1. The van der Waals surface area contributed by atoms with Gasteiger partial charge in [0.2, 0.25) is 5.91 Å². The van der Waals surface area contributed by atoms with E-state index in [2.05, 4.69) is 15.6 Å². The van der Waals surface area contributed by atoms with Gasteiger partial charge in [-0.15, -0.1) is 0 Å². The first kappa shape index (κ1) is 19.3. The second-order valence-electron chi connectivity index (χ2n) is 6.03. The van der Waals surface area contributed by atoms with E-state index < -0.39 is 22.7 Å². The van der Waals surface area contributed by atoms with E-state index in [0.717, 1.165) is 35.0 Å². The van der Waals surface area contributed by atoms with Crippen molar-refractivity contribution in [3.63, 3.8) is 0 Å². The van der Waals surface area contributed by atoms with E-state index in [9.17, 15) is 18.0 Å². The lowest BCUT2D eigenvalue weighted by Gasteiger charge is -2.12. The SMILES string of the molecule is O=C(CNCCc1c[nH]c2ccccc12)Nc1ccc(Cl)c(C(F)(F)F)c1. The summed E-state index contributed by atoms with van der Waals surface area (Å²) < 4.78 is 38.5. The van der Waals surface area contributed by atoms with Gasteiger partial charge in [-0.2, -0.15) is 13.2 Å². The van der Waals surface area contributed by atoms with Gasteiger partial charge >= 0.3 is 6.18 Å². The van der Waals surface area contributed by atoms with Crippen molar-refractivity contribution in [2.24, 2.45) is 0 Å². The predicted molar refractivity (Wildman–Crippen MR) is 100.0 cm³/mol. The lowest BCUT2D eigenvalue weighted by atomic mass is 10.1. The molecule has 0 aliphatic carbocycles. The Morgan fingerprint density at radius 2 is 1.93 bits per heavy atom. The van der Waals surface area contributed by atoms with Crippen LogP contribution in [0.25, 0.3) is 10.9 Å². The highest BCUT2D eigenvalue weighted by atomic mass is 35.5. The molecule has 8 heteroatoms. The summed E-state index contributed by atoms with van der Waals surface area (Å²) in [6.07, 6.45) is -1.93. The quantitative estimate of drug-likeness (QED) is 0.534. The van der Waals surface area contributed by atoms with Crippen molar-refractivity contribution in [2.45, 2.75) is 12.6 Å². The highest BCUT2D eigenvalue weighted by molar-refractivity contribution is 6.31. The molecule has 0 spiro atoms. The van der Waals surface area contributed by atoms with Crippen LogP contribution in [0.3, 0.4) is 0 Å². The Balaban J connectivity index is 1.50. The van der Waals surface area contributed by atoms with Gasteiger partial charge in [-0.1, -0.05) is 29.8 Å². The zero-order chi connectivity index (χ0) is 19.4. The molecule has 0 radical (unpaired) electrons. The third-order valence-electron chi connectivity index (χ3n) is 4.09. The van der Waals surface area contributed by atoms with Crippen LogP contribution in [0.15, 0.2) is 48.7 Å². The number of amides is 1. The smallest absolute Gasteiger partial charge is 0.361 e. The standard InChI is InChI=1S/C19H17ClF3N3O/c20-16-6-5-13(9-15(16)19(21,22)23)26-18(27)11-24-8-7-12-10-25-17-4-2-1-3-14(12)17/h1-6,9-10,24-25H,7-8,11H2,(H,26,27). The molecule has 1 amide bonds. The Hall–Kier alpha value is -2.51. The molecule has 3 N–H and O–H groups in total. The monoisotopic (exact) mass is 395 g/mol. The third-order valence-corrected chi connectivity index (χ3v) is 4.42. The second-order valence-corrected chi connectivity index (χ2v) is 6.43. The maximum Gasteiger partial charge on any atom is 0.417 e. The fourth-order valence-corrected chi connectivity index (χ4v) is 3.01. The third kappa shape index (κ3) is 4.81. The fourth-order valence-electron chi connectivity index (χ4n) is 2.79. The second kappa shape index (κ2) is 8.02. The minimum absolute atomic E-state index is 0.00761. The molecule has 0 atom stereocenters. The van der Waals surface area contributed by atoms with Crippen molar-refractivity contribution in [1.29, 1.82) is 0 Å². The topological polar surface area (TPSA) is 56.9 Å². The van der Waals surface area contributed by atoms with Crippen molar-refractivity contribution < 1.29 is 18.0 Å². The molecular formula is C19H17ClF3N3O. The maximum atomic E-state index is 12.8. The molecule has 0 aliphatic rings. The molecule has 0 fully saturated rings. The zero-order valence-corrected chi connectivity index (χ0v) is 14.9. The van der Waals surface area contributed by atoms with E-state index >= 15 is 0 Å². The Kier molecular flexibility index (Phi) is 5.72. The van der Waals surface area contributed by atoms with Gasteiger partial charge in [-0.3, -0.25) is 4.79 Å². The highest BCUT2D eigenvalue weighted by Crippen LogP contribution is 2.36. The molecule has 0 saturated carbocycles. The van der Waals surface area contributed by atoms with Crippen molar-refractivity contribution in [3.05, 3.63) is 64.8 Å². The minimum Gasteiger partial charge on any atom is -0.361 e. The lowest BCUT2D eigenvalue weighted by Crippen LogP contribution is -2.29. The number of anilines is 1. The van der Waals surface area contributed by atoms with Crippen LogP contribution in [0.1, 0.15) is 11.1 Å². The van der Waals surface area contributed by atoms with Crippen LogP contribution in [-0.4, -0.2) is 24.0 Å². The van der Waals surface area contributed by atoms with Gasteiger partial charge in [0.25, 0.3) is 0 Å².